The molecule has 0 saturated carbocycles. The predicted octanol–water partition coefficient (Wildman–Crippen LogP) is 18.0. The third-order valence-electron chi connectivity index (χ3n) is 13.9. The topological polar surface area (TPSA) is 40.6 Å². The van der Waals surface area contributed by atoms with E-state index in [9.17, 15) is 0 Å². The summed E-state index contributed by atoms with van der Waals surface area (Å²) in [5.41, 5.74) is 3.18. The highest BCUT2D eigenvalue weighted by molar-refractivity contribution is 7.13. The van der Waals surface area contributed by atoms with Crippen molar-refractivity contribution in [3.05, 3.63) is 54.9 Å². The molecule has 6 heteroatoms. The van der Waals surface area contributed by atoms with Gasteiger partial charge in [0, 0.05) is 22.8 Å². The van der Waals surface area contributed by atoms with Crippen molar-refractivity contribution in [1.82, 2.24) is 9.80 Å². The van der Waals surface area contributed by atoms with Crippen molar-refractivity contribution in [1.29, 1.82) is 0 Å². The minimum atomic E-state index is 0.0670. The molecule has 350 valence electrons. The van der Waals surface area contributed by atoms with Crippen LogP contribution in [-0.2, 0) is 9.59 Å². The molecule has 2 amide bonds. The number of hydrogen-bond donors (Lipinski definition) is 0. The van der Waals surface area contributed by atoms with Gasteiger partial charge in [0.25, 0.3) is 11.8 Å². The quantitative estimate of drug-likeness (QED) is 0.0630. The fourth-order valence-corrected chi connectivity index (χ4v) is 12.0. The fourth-order valence-electron chi connectivity index (χ4n) is 10.1. The lowest BCUT2D eigenvalue weighted by Crippen LogP contribution is -2.34. The Balaban J connectivity index is 1.62. The van der Waals surface area contributed by atoms with Gasteiger partial charge in [-0.15, -0.1) is 22.7 Å². The Kier molecular flexibility index (Phi) is 26.1. The smallest absolute Gasteiger partial charge is 0.261 e. The maximum absolute atomic E-state index is 15.3. The molecule has 4 rings (SSSR count). The Morgan fingerprint density at radius 2 is 0.645 bits per heavy atom. The molecule has 0 bridgehead atoms. The largest absolute Gasteiger partial charge is 0.306 e. The second-order valence-corrected chi connectivity index (χ2v) is 22.0. The van der Waals surface area contributed by atoms with Crippen LogP contribution in [0.15, 0.2) is 35.4 Å². The van der Waals surface area contributed by atoms with E-state index in [0.29, 0.717) is 36.1 Å². The first-order valence-corrected chi connectivity index (χ1v) is 28.2. The van der Waals surface area contributed by atoms with Gasteiger partial charge in [0.1, 0.15) is 0 Å². The molecule has 2 atom stereocenters. The van der Waals surface area contributed by atoms with Crippen LogP contribution in [0.3, 0.4) is 0 Å². The zero-order valence-corrected chi connectivity index (χ0v) is 42.7. The molecule has 0 N–H and O–H groups in total. The number of aryl methyl sites for hydroxylation is 2. The van der Waals surface area contributed by atoms with Crippen LogP contribution in [0.25, 0.3) is 11.4 Å². The van der Waals surface area contributed by atoms with Crippen molar-refractivity contribution >= 4 is 45.9 Å². The lowest BCUT2D eigenvalue weighted by atomic mass is 9.93. The monoisotopic (exact) mass is 889 g/mol. The number of hydrogen-bond acceptors (Lipinski definition) is 4. The molecule has 0 aromatic carbocycles. The Morgan fingerprint density at radius 1 is 0.387 bits per heavy atom. The van der Waals surface area contributed by atoms with Crippen molar-refractivity contribution in [2.45, 2.75) is 247 Å². The summed E-state index contributed by atoms with van der Waals surface area (Å²) >= 11 is 3.49. The number of fused-ring (bicyclic) bond motifs is 1. The van der Waals surface area contributed by atoms with Crippen LogP contribution in [0.1, 0.15) is 253 Å². The molecule has 2 aromatic rings. The van der Waals surface area contributed by atoms with Crippen molar-refractivity contribution in [3.63, 3.8) is 0 Å². The zero-order valence-electron chi connectivity index (χ0n) is 41.0. The molecule has 4 heterocycles. The van der Waals surface area contributed by atoms with Gasteiger partial charge >= 0.3 is 0 Å². The van der Waals surface area contributed by atoms with Crippen molar-refractivity contribution in [2.24, 2.45) is 11.8 Å². The molecule has 0 aliphatic carbocycles. The molecule has 0 fully saturated rings. The summed E-state index contributed by atoms with van der Waals surface area (Å²) < 4.78 is 0. The van der Waals surface area contributed by atoms with Crippen LogP contribution in [0.5, 0.6) is 0 Å². The maximum Gasteiger partial charge on any atom is 0.261 e. The van der Waals surface area contributed by atoms with E-state index in [4.69, 9.17) is 0 Å². The Labute approximate surface area is 390 Å². The van der Waals surface area contributed by atoms with Crippen molar-refractivity contribution < 1.29 is 9.59 Å². The third-order valence-corrected chi connectivity index (χ3v) is 15.9. The highest BCUT2D eigenvalue weighted by atomic mass is 32.1. The van der Waals surface area contributed by atoms with Gasteiger partial charge in [-0.05, 0) is 75.6 Å². The van der Waals surface area contributed by atoms with Gasteiger partial charge in [0.05, 0.1) is 32.3 Å². The molecule has 62 heavy (non-hydrogen) atoms. The predicted molar refractivity (Wildman–Crippen MR) is 273 cm³/mol. The van der Waals surface area contributed by atoms with E-state index in [1.54, 1.807) is 22.7 Å². The summed E-state index contributed by atoms with van der Waals surface area (Å²) in [4.78, 5) is 39.4. The van der Waals surface area contributed by atoms with Gasteiger partial charge < -0.3 is 9.80 Å². The highest BCUT2D eigenvalue weighted by Gasteiger charge is 2.50. The molecule has 4 nitrogen and oxygen atoms in total. The molecular weight excluding hydrogens is 797 g/mol. The Morgan fingerprint density at radius 3 is 0.887 bits per heavy atom. The van der Waals surface area contributed by atoms with Gasteiger partial charge in [-0.2, -0.15) is 0 Å². The second-order valence-electron chi connectivity index (χ2n) is 19.5. The molecular formula is C56H92N2O2S2. The van der Waals surface area contributed by atoms with Crippen LogP contribution in [0.4, 0.5) is 0 Å². The minimum absolute atomic E-state index is 0.0670. The summed E-state index contributed by atoms with van der Waals surface area (Å²) in [6.07, 6.45) is 41.2. The number of thiophene rings is 2. The number of carbonyl (C=O) groups excluding carboxylic acids is 2. The SMILES string of the molecule is CCCCCCCCCCC(CCCCCCCC)CN1C(=O)C2=C(c3ccc(C)s3)N(CC(CCCCCCCC)CCCCCCCCCC)C(=O)C2=C1c1ccc(C)s1. The van der Waals surface area contributed by atoms with E-state index in [1.807, 2.05) is 0 Å². The van der Waals surface area contributed by atoms with Gasteiger partial charge in [-0.3, -0.25) is 9.59 Å². The van der Waals surface area contributed by atoms with E-state index in [2.05, 4.69) is 75.6 Å². The van der Waals surface area contributed by atoms with E-state index < -0.39 is 0 Å². The van der Waals surface area contributed by atoms with Gasteiger partial charge in [-0.1, -0.05) is 207 Å². The molecule has 0 spiro atoms. The average Bonchev–Trinajstić information content (AvgIpc) is 4.03. The summed E-state index contributed by atoms with van der Waals surface area (Å²) in [7, 11) is 0. The van der Waals surface area contributed by atoms with E-state index in [1.165, 1.54) is 190 Å². The van der Waals surface area contributed by atoms with Crippen LogP contribution in [0.2, 0.25) is 0 Å². The summed E-state index contributed by atoms with van der Waals surface area (Å²) in [5, 5.41) is 0. The molecule has 2 unspecified atom stereocenters. The van der Waals surface area contributed by atoms with Gasteiger partial charge in [-0.25, -0.2) is 0 Å². The average molecular weight is 889 g/mol. The first kappa shape index (κ1) is 52.4. The van der Waals surface area contributed by atoms with Gasteiger partial charge in [0.15, 0.2) is 0 Å². The molecule has 2 aromatic heterocycles. The molecule has 2 aliphatic rings. The summed E-state index contributed by atoms with van der Waals surface area (Å²) in [5.74, 6) is 1.01. The standard InChI is InChI=1S/C56H92N2O2S2/c1-7-11-15-19-23-25-29-33-37-47(35-31-27-21-17-13-9-3)43-57-53(49-41-39-45(5)61-49)51-52(55(57)59)54(50-42-40-46(6)62-50)58(56(51)60)44-48(36-32-28-22-18-14-10-4)38-34-30-26-24-20-16-12-8-2/h39-42,47-48H,7-38,43-44H2,1-6H3. The lowest BCUT2D eigenvalue weighted by Gasteiger charge is -2.29. The van der Waals surface area contributed by atoms with Crippen LogP contribution in [0, 0.1) is 25.7 Å². The number of rotatable bonds is 38. The third kappa shape index (κ3) is 17.3. The first-order valence-electron chi connectivity index (χ1n) is 26.6. The molecule has 2 aliphatic heterocycles. The zero-order chi connectivity index (χ0) is 44.4. The Bertz CT molecular complexity index is 1500. The number of nitrogens with zero attached hydrogens (tertiary/aromatic N) is 2. The molecule has 0 saturated heterocycles. The van der Waals surface area contributed by atoms with E-state index in [-0.39, 0.29) is 11.8 Å². The van der Waals surface area contributed by atoms with Gasteiger partial charge in [0.2, 0.25) is 0 Å². The fraction of sp³-hybridized carbons (Fsp3) is 0.750. The minimum Gasteiger partial charge on any atom is -0.306 e. The second kappa shape index (κ2) is 30.9. The lowest BCUT2D eigenvalue weighted by molar-refractivity contribution is -0.124. The Hall–Kier alpha value is -2.18. The van der Waals surface area contributed by atoms with Crippen LogP contribution >= 0.6 is 22.7 Å². The van der Waals surface area contributed by atoms with E-state index >= 15 is 9.59 Å². The summed E-state index contributed by atoms with van der Waals surface area (Å²) in [6, 6.07) is 8.71. The van der Waals surface area contributed by atoms with Crippen LogP contribution in [-0.4, -0.2) is 34.7 Å². The van der Waals surface area contributed by atoms with Crippen molar-refractivity contribution in [2.75, 3.05) is 13.1 Å². The number of carbonyl (C=O) groups is 2. The summed E-state index contributed by atoms with van der Waals surface area (Å²) in [6.45, 7) is 14.9. The first-order chi connectivity index (χ1) is 30.3. The highest BCUT2D eigenvalue weighted by Crippen LogP contribution is 2.49. The number of amides is 2. The maximum atomic E-state index is 15.3. The normalized spacial score (nSPS) is 15.3. The van der Waals surface area contributed by atoms with Crippen LogP contribution < -0.4 is 0 Å². The molecule has 0 radical (unpaired) electrons. The van der Waals surface area contributed by atoms with E-state index in [0.717, 1.165) is 46.8 Å². The van der Waals surface area contributed by atoms with Crippen molar-refractivity contribution in [3.8, 4) is 0 Å². The number of unbranched alkanes of at least 4 members (excludes halogenated alkanes) is 24.